The molecule has 35 heavy (non-hydrogen) atoms. The van der Waals surface area contributed by atoms with E-state index in [1.807, 2.05) is 0 Å². The van der Waals surface area contributed by atoms with E-state index in [-0.39, 0.29) is 26.4 Å². The second-order valence-electron chi connectivity index (χ2n) is 6.92. The fraction of sp³-hybridized carbons (Fsp3) is 0.136. The summed E-state index contributed by atoms with van der Waals surface area (Å²) in [5.74, 6) is -2.71. The third kappa shape index (κ3) is 6.50. The molecule has 3 aromatic rings. The SMILES string of the molecule is O=C(Nc1cccnc1)N(OC(=O)C(F)(F)F)C(c1ccc(C(F)(F)F)cc1)c1ccccc1Br. The number of alkyl halides is 6. The second kappa shape index (κ2) is 10.3. The van der Waals surface area contributed by atoms with E-state index in [4.69, 9.17) is 0 Å². The summed E-state index contributed by atoms with van der Waals surface area (Å²) >= 11 is 3.22. The molecule has 184 valence electrons. The summed E-state index contributed by atoms with van der Waals surface area (Å²) in [4.78, 5) is 33.0. The standard InChI is InChI=1S/C22H14BrF6N3O3/c23-17-6-2-1-5-16(17)18(13-7-9-14(10-8-13)21(24,25)26)32(35-19(33)22(27,28)29)20(34)31-15-4-3-11-30-12-15/h1-12,18H,(H,31,34). The van der Waals surface area contributed by atoms with E-state index in [1.54, 1.807) is 6.07 Å². The Labute approximate surface area is 202 Å². The van der Waals surface area contributed by atoms with E-state index >= 15 is 0 Å². The molecular formula is C22H14BrF6N3O3. The molecule has 0 bridgehead atoms. The summed E-state index contributed by atoms with van der Waals surface area (Å²) in [5.41, 5.74) is -0.903. The average molecular weight is 562 g/mol. The lowest BCUT2D eigenvalue weighted by atomic mass is 9.97. The molecule has 3 rings (SSSR count). The fourth-order valence-electron chi connectivity index (χ4n) is 2.96. The highest BCUT2D eigenvalue weighted by Gasteiger charge is 2.45. The third-order valence-electron chi connectivity index (χ3n) is 4.51. The van der Waals surface area contributed by atoms with E-state index in [0.717, 1.165) is 12.1 Å². The summed E-state index contributed by atoms with van der Waals surface area (Å²) in [5, 5.41) is 2.38. The molecular weight excluding hydrogens is 548 g/mol. The third-order valence-corrected chi connectivity index (χ3v) is 5.24. The highest BCUT2D eigenvalue weighted by molar-refractivity contribution is 9.10. The largest absolute Gasteiger partial charge is 0.493 e. The maximum Gasteiger partial charge on any atom is 0.493 e. The van der Waals surface area contributed by atoms with Gasteiger partial charge in [0.2, 0.25) is 0 Å². The molecule has 0 aliphatic carbocycles. The number of carbonyl (C=O) groups is 2. The van der Waals surface area contributed by atoms with Crippen LogP contribution in [0.1, 0.15) is 22.7 Å². The lowest BCUT2D eigenvalue weighted by Crippen LogP contribution is -2.43. The molecule has 2 aromatic carbocycles. The van der Waals surface area contributed by atoms with Gasteiger partial charge < -0.3 is 10.2 Å². The smallest absolute Gasteiger partial charge is 0.327 e. The van der Waals surface area contributed by atoms with E-state index < -0.39 is 36.0 Å². The van der Waals surface area contributed by atoms with Crippen LogP contribution in [0.15, 0.2) is 77.5 Å². The number of anilines is 1. The van der Waals surface area contributed by atoms with Crippen LogP contribution in [0.3, 0.4) is 0 Å². The van der Waals surface area contributed by atoms with Crippen molar-refractivity contribution in [3.8, 4) is 0 Å². The topological polar surface area (TPSA) is 71.5 Å². The zero-order chi connectivity index (χ0) is 25.8. The Hall–Kier alpha value is -3.61. The van der Waals surface area contributed by atoms with Gasteiger partial charge >= 0.3 is 24.4 Å². The van der Waals surface area contributed by atoms with Crippen molar-refractivity contribution in [2.24, 2.45) is 0 Å². The minimum atomic E-state index is -5.47. The van der Waals surface area contributed by atoms with Crippen LogP contribution in [0.5, 0.6) is 0 Å². The number of rotatable bonds is 4. The van der Waals surface area contributed by atoms with Gasteiger partial charge in [-0.3, -0.25) is 4.98 Å². The molecule has 1 unspecified atom stereocenters. The number of hydroxylamine groups is 2. The van der Waals surface area contributed by atoms with Gasteiger partial charge in [-0.25, -0.2) is 9.59 Å². The normalized spacial score (nSPS) is 12.5. The molecule has 0 saturated carbocycles. The predicted octanol–water partition coefficient (Wildman–Crippen LogP) is 6.51. The van der Waals surface area contributed by atoms with E-state index in [2.05, 4.69) is 31.1 Å². The number of carbonyl (C=O) groups excluding carboxylic acids is 2. The Morgan fingerprint density at radius 1 is 0.943 bits per heavy atom. The number of halogens is 7. The van der Waals surface area contributed by atoms with Crippen LogP contribution in [-0.2, 0) is 15.8 Å². The zero-order valence-electron chi connectivity index (χ0n) is 17.3. The van der Waals surface area contributed by atoms with Crippen molar-refractivity contribution >= 4 is 33.6 Å². The number of benzene rings is 2. The van der Waals surface area contributed by atoms with Crippen LogP contribution in [0, 0.1) is 0 Å². The van der Waals surface area contributed by atoms with Crippen LogP contribution < -0.4 is 5.32 Å². The van der Waals surface area contributed by atoms with E-state index in [9.17, 15) is 35.9 Å². The van der Waals surface area contributed by atoms with E-state index in [0.29, 0.717) is 12.1 Å². The van der Waals surface area contributed by atoms with Gasteiger partial charge in [0.1, 0.15) is 6.04 Å². The second-order valence-corrected chi connectivity index (χ2v) is 7.77. The Balaban J connectivity index is 2.13. The molecule has 0 aliphatic heterocycles. The number of hydrogen-bond donors (Lipinski definition) is 1. The van der Waals surface area contributed by atoms with Crippen molar-refractivity contribution < 1.29 is 40.8 Å². The van der Waals surface area contributed by atoms with Gasteiger partial charge in [-0.2, -0.15) is 26.3 Å². The van der Waals surface area contributed by atoms with Gasteiger partial charge in [0.05, 0.1) is 17.4 Å². The van der Waals surface area contributed by atoms with Crippen LogP contribution in [-0.4, -0.2) is 28.2 Å². The number of nitrogens with zero attached hydrogens (tertiary/aromatic N) is 2. The average Bonchev–Trinajstić information content (AvgIpc) is 2.79. The summed E-state index contributed by atoms with van der Waals surface area (Å²) in [6.45, 7) is 0. The van der Waals surface area contributed by atoms with Crippen LogP contribution in [0.4, 0.5) is 36.8 Å². The highest BCUT2D eigenvalue weighted by atomic mass is 79.9. The number of hydrogen-bond acceptors (Lipinski definition) is 4. The lowest BCUT2D eigenvalue weighted by molar-refractivity contribution is -0.231. The summed E-state index contributed by atoms with van der Waals surface area (Å²) in [6.07, 6.45) is -7.58. The Morgan fingerprint density at radius 3 is 2.14 bits per heavy atom. The zero-order valence-corrected chi connectivity index (χ0v) is 18.9. The van der Waals surface area contributed by atoms with Crippen molar-refractivity contribution in [3.05, 3.63) is 94.2 Å². The molecule has 1 aromatic heterocycles. The summed E-state index contributed by atoms with van der Waals surface area (Å²) < 4.78 is 78.6. The molecule has 0 saturated heterocycles. The quantitative estimate of drug-likeness (QED) is 0.291. The van der Waals surface area contributed by atoms with Crippen molar-refractivity contribution in [2.45, 2.75) is 18.4 Å². The minimum Gasteiger partial charge on any atom is -0.327 e. The molecule has 0 spiro atoms. The molecule has 1 N–H and O–H groups in total. The fourth-order valence-corrected chi connectivity index (χ4v) is 3.46. The van der Waals surface area contributed by atoms with Crippen LogP contribution in [0.2, 0.25) is 0 Å². The number of aromatic nitrogens is 1. The maximum absolute atomic E-state index is 13.1. The molecule has 1 atom stereocenters. The molecule has 1 heterocycles. The molecule has 2 amide bonds. The first-order valence-electron chi connectivity index (χ1n) is 9.59. The predicted molar refractivity (Wildman–Crippen MR) is 115 cm³/mol. The Kier molecular flexibility index (Phi) is 7.68. The van der Waals surface area contributed by atoms with Crippen molar-refractivity contribution in [1.29, 1.82) is 0 Å². The molecule has 0 fully saturated rings. The highest BCUT2D eigenvalue weighted by Crippen LogP contribution is 2.37. The number of urea groups is 1. The lowest BCUT2D eigenvalue weighted by Gasteiger charge is -2.31. The van der Waals surface area contributed by atoms with Gasteiger partial charge in [-0.05, 0) is 41.5 Å². The van der Waals surface area contributed by atoms with Crippen molar-refractivity contribution in [3.63, 3.8) is 0 Å². The summed E-state index contributed by atoms with van der Waals surface area (Å²) in [7, 11) is 0. The first kappa shape index (κ1) is 26.0. The molecule has 6 nitrogen and oxygen atoms in total. The van der Waals surface area contributed by atoms with Crippen LogP contribution in [0.25, 0.3) is 0 Å². The number of nitrogens with one attached hydrogen (secondary N) is 1. The van der Waals surface area contributed by atoms with Gasteiger partial charge in [0, 0.05) is 10.7 Å². The number of amides is 2. The Bertz CT molecular complexity index is 1190. The molecule has 13 heteroatoms. The van der Waals surface area contributed by atoms with Gasteiger partial charge in [-0.1, -0.05) is 46.3 Å². The van der Waals surface area contributed by atoms with E-state index in [1.165, 1.54) is 42.7 Å². The van der Waals surface area contributed by atoms with Gasteiger partial charge in [0.15, 0.2) is 0 Å². The van der Waals surface area contributed by atoms with Gasteiger partial charge in [-0.15, -0.1) is 5.06 Å². The van der Waals surface area contributed by atoms with Crippen molar-refractivity contribution in [1.82, 2.24) is 10.0 Å². The monoisotopic (exact) mass is 561 g/mol. The minimum absolute atomic E-state index is 0.0591. The van der Waals surface area contributed by atoms with Gasteiger partial charge in [0.25, 0.3) is 0 Å². The molecule has 0 aliphatic rings. The summed E-state index contributed by atoms with van der Waals surface area (Å²) in [6, 6.07) is 9.21. The Morgan fingerprint density at radius 2 is 1.60 bits per heavy atom. The van der Waals surface area contributed by atoms with Crippen LogP contribution >= 0.6 is 15.9 Å². The maximum atomic E-state index is 13.1. The van der Waals surface area contributed by atoms with Crippen molar-refractivity contribution in [2.75, 3.05) is 5.32 Å². The first-order chi connectivity index (χ1) is 16.4. The molecule has 0 radical (unpaired) electrons. The number of pyridine rings is 1. The first-order valence-corrected chi connectivity index (χ1v) is 10.4.